The van der Waals surface area contributed by atoms with Crippen LogP contribution in [0.5, 0.6) is 0 Å². The van der Waals surface area contributed by atoms with E-state index in [9.17, 15) is 0 Å². The molecule has 0 saturated carbocycles. The average Bonchev–Trinajstić information content (AvgIpc) is 2.88. The van der Waals surface area contributed by atoms with Crippen LogP contribution in [-0.2, 0) is 9.47 Å². The highest BCUT2D eigenvalue weighted by Gasteiger charge is 2.17. The predicted octanol–water partition coefficient (Wildman–Crippen LogP) is 2.38. The van der Waals surface area contributed by atoms with Gasteiger partial charge in [-0.1, -0.05) is 24.4 Å². The molecule has 8 heteroatoms. The average molecular weight is 353 g/mol. The summed E-state index contributed by atoms with van der Waals surface area (Å²) in [7, 11) is 3.19. The summed E-state index contributed by atoms with van der Waals surface area (Å²) < 4.78 is 12.7. The van der Waals surface area contributed by atoms with Crippen molar-refractivity contribution >= 4 is 54.7 Å². The Kier molecular flexibility index (Phi) is 7.90. The smallest absolute Gasteiger partial charge is 0.147 e. The van der Waals surface area contributed by atoms with Crippen molar-refractivity contribution in [2.75, 3.05) is 52.6 Å². The molecule has 0 aromatic carbocycles. The number of rotatable bonds is 0. The first-order valence-electron chi connectivity index (χ1n) is 6.85. The molecule has 2 aliphatic rings. The highest BCUT2D eigenvalue weighted by molar-refractivity contribution is 8.89. The fourth-order valence-electron chi connectivity index (χ4n) is 2.03. The minimum absolute atomic E-state index is 0.763. The standard InChI is InChI=1S/C12H20N2O2S4/c17-11(13-3-1-7-15-9-5-13)19-20-12(18)14-4-2-8-16-10-6-14/h1-10H2. The third-order valence-corrected chi connectivity index (χ3v) is 6.88. The first-order chi connectivity index (χ1) is 9.77. The molecule has 2 heterocycles. The molecule has 20 heavy (non-hydrogen) atoms. The Bertz CT molecular complexity index is 295. The Hall–Kier alpha value is 0.400. The molecule has 0 bridgehead atoms. The molecule has 0 aromatic heterocycles. The van der Waals surface area contributed by atoms with Crippen LogP contribution in [0.2, 0.25) is 0 Å². The summed E-state index contributed by atoms with van der Waals surface area (Å²) in [4.78, 5) is 4.43. The number of ether oxygens (including phenoxy) is 2. The van der Waals surface area contributed by atoms with E-state index in [0.29, 0.717) is 0 Å². The van der Waals surface area contributed by atoms with Crippen molar-refractivity contribution in [3.8, 4) is 0 Å². The summed E-state index contributed by atoms with van der Waals surface area (Å²) in [5.41, 5.74) is 0. The van der Waals surface area contributed by atoms with Gasteiger partial charge in [0.2, 0.25) is 0 Å². The van der Waals surface area contributed by atoms with E-state index >= 15 is 0 Å². The minimum atomic E-state index is 0.763. The van der Waals surface area contributed by atoms with Gasteiger partial charge in [0, 0.05) is 39.4 Å². The van der Waals surface area contributed by atoms with Crippen molar-refractivity contribution < 1.29 is 9.47 Å². The van der Waals surface area contributed by atoms with Crippen LogP contribution in [0.15, 0.2) is 0 Å². The van der Waals surface area contributed by atoms with Crippen LogP contribution in [0.25, 0.3) is 0 Å². The summed E-state index contributed by atoms with van der Waals surface area (Å²) >= 11 is 11.0. The first-order valence-corrected chi connectivity index (χ1v) is 9.82. The molecular formula is C12H20N2O2S4. The van der Waals surface area contributed by atoms with Crippen LogP contribution in [0.3, 0.4) is 0 Å². The number of hydrogen-bond acceptors (Lipinski definition) is 6. The van der Waals surface area contributed by atoms with Crippen molar-refractivity contribution in [2.45, 2.75) is 12.8 Å². The van der Waals surface area contributed by atoms with Crippen LogP contribution in [0.1, 0.15) is 12.8 Å². The molecule has 2 aliphatic heterocycles. The van der Waals surface area contributed by atoms with E-state index in [-0.39, 0.29) is 0 Å². The maximum atomic E-state index is 5.49. The summed E-state index contributed by atoms with van der Waals surface area (Å²) in [5, 5.41) is 0. The molecule has 0 unspecified atom stereocenters. The quantitative estimate of drug-likeness (QED) is 0.484. The molecule has 2 saturated heterocycles. The zero-order chi connectivity index (χ0) is 14.2. The van der Waals surface area contributed by atoms with Gasteiger partial charge in [-0.25, -0.2) is 0 Å². The summed E-state index contributed by atoms with van der Waals surface area (Å²) in [6.45, 7) is 6.94. The summed E-state index contributed by atoms with van der Waals surface area (Å²) in [5.74, 6) is 0. The Balaban J connectivity index is 1.72. The minimum Gasteiger partial charge on any atom is -0.380 e. The fourth-order valence-corrected chi connectivity index (χ4v) is 4.79. The van der Waals surface area contributed by atoms with E-state index in [4.69, 9.17) is 33.9 Å². The van der Waals surface area contributed by atoms with E-state index in [0.717, 1.165) is 74.1 Å². The van der Waals surface area contributed by atoms with Gasteiger partial charge in [0.05, 0.1) is 13.2 Å². The molecule has 0 radical (unpaired) electrons. The fraction of sp³-hybridized carbons (Fsp3) is 0.833. The Morgan fingerprint density at radius 3 is 1.60 bits per heavy atom. The van der Waals surface area contributed by atoms with Crippen LogP contribution >= 0.6 is 46.0 Å². The second kappa shape index (κ2) is 9.42. The lowest BCUT2D eigenvalue weighted by atomic mass is 10.4. The maximum Gasteiger partial charge on any atom is 0.147 e. The largest absolute Gasteiger partial charge is 0.380 e. The molecule has 2 rings (SSSR count). The lowest BCUT2D eigenvalue weighted by Crippen LogP contribution is -2.31. The SMILES string of the molecule is S=C(SSC(=S)N1CCCOCC1)N1CCCOCC1. The molecule has 0 atom stereocenters. The molecule has 0 spiro atoms. The molecule has 114 valence electrons. The third-order valence-electron chi connectivity index (χ3n) is 3.15. The Morgan fingerprint density at radius 1 is 0.700 bits per heavy atom. The van der Waals surface area contributed by atoms with Gasteiger partial charge in [0.1, 0.15) is 8.64 Å². The molecule has 0 N–H and O–H groups in total. The Morgan fingerprint density at radius 2 is 1.15 bits per heavy atom. The lowest BCUT2D eigenvalue weighted by Gasteiger charge is -2.24. The topological polar surface area (TPSA) is 24.9 Å². The normalized spacial score (nSPS) is 21.2. The Labute approximate surface area is 139 Å². The van der Waals surface area contributed by atoms with Crippen molar-refractivity contribution in [1.29, 1.82) is 0 Å². The predicted molar refractivity (Wildman–Crippen MR) is 94.4 cm³/mol. The third kappa shape index (κ3) is 5.65. The van der Waals surface area contributed by atoms with Crippen LogP contribution in [0, 0.1) is 0 Å². The molecule has 0 aromatic rings. The van der Waals surface area contributed by atoms with Gasteiger partial charge >= 0.3 is 0 Å². The van der Waals surface area contributed by atoms with E-state index in [1.165, 1.54) is 0 Å². The van der Waals surface area contributed by atoms with Crippen molar-refractivity contribution in [3.05, 3.63) is 0 Å². The van der Waals surface area contributed by atoms with Gasteiger partial charge < -0.3 is 19.3 Å². The second-order valence-corrected chi connectivity index (χ2v) is 8.00. The van der Waals surface area contributed by atoms with Crippen LogP contribution in [0.4, 0.5) is 0 Å². The maximum absolute atomic E-state index is 5.49. The monoisotopic (exact) mass is 352 g/mol. The van der Waals surface area contributed by atoms with Gasteiger partial charge in [0.15, 0.2) is 0 Å². The molecular weight excluding hydrogens is 332 g/mol. The molecule has 4 nitrogen and oxygen atoms in total. The summed E-state index contributed by atoms with van der Waals surface area (Å²) in [6.07, 6.45) is 2.08. The second-order valence-electron chi connectivity index (χ2n) is 4.60. The van der Waals surface area contributed by atoms with Crippen LogP contribution in [-0.4, -0.2) is 71.0 Å². The van der Waals surface area contributed by atoms with Crippen molar-refractivity contribution in [3.63, 3.8) is 0 Å². The lowest BCUT2D eigenvalue weighted by molar-refractivity contribution is 0.147. The van der Waals surface area contributed by atoms with Gasteiger partial charge in [0.25, 0.3) is 0 Å². The van der Waals surface area contributed by atoms with Gasteiger partial charge in [-0.2, -0.15) is 0 Å². The van der Waals surface area contributed by atoms with Gasteiger partial charge in [-0.05, 0) is 34.4 Å². The van der Waals surface area contributed by atoms with E-state index in [2.05, 4.69) is 9.80 Å². The van der Waals surface area contributed by atoms with E-state index in [1.807, 2.05) is 0 Å². The van der Waals surface area contributed by atoms with E-state index < -0.39 is 0 Å². The van der Waals surface area contributed by atoms with Gasteiger partial charge in [-0.15, -0.1) is 0 Å². The number of hydrogen-bond donors (Lipinski definition) is 0. The summed E-state index contributed by atoms with van der Waals surface area (Å²) in [6, 6.07) is 0. The first kappa shape index (κ1) is 16.8. The van der Waals surface area contributed by atoms with Crippen molar-refractivity contribution in [1.82, 2.24) is 9.80 Å². The zero-order valence-electron chi connectivity index (χ0n) is 11.4. The number of nitrogens with zero attached hydrogens (tertiary/aromatic N) is 2. The van der Waals surface area contributed by atoms with Crippen LogP contribution < -0.4 is 0 Å². The van der Waals surface area contributed by atoms with E-state index in [1.54, 1.807) is 21.6 Å². The van der Waals surface area contributed by atoms with Crippen molar-refractivity contribution in [2.24, 2.45) is 0 Å². The highest BCUT2D eigenvalue weighted by Crippen LogP contribution is 2.29. The molecule has 0 aliphatic carbocycles. The molecule has 2 fully saturated rings. The zero-order valence-corrected chi connectivity index (χ0v) is 14.7. The highest BCUT2D eigenvalue weighted by atomic mass is 33.1. The van der Waals surface area contributed by atoms with Gasteiger partial charge in [-0.3, -0.25) is 0 Å². The molecule has 0 amide bonds. The number of thiocarbonyl (C=S) groups is 2.